The molecule has 160 valence electrons. The zero-order valence-electron chi connectivity index (χ0n) is 16.1. The van der Waals surface area contributed by atoms with Gasteiger partial charge in [-0.05, 0) is 34.1 Å². The van der Waals surface area contributed by atoms with Crippen LogP contribution in [0.2, 0.25) is 5.02 Å². The van der Waals surface area contributed by atoms with E-state index in [1.54, 1.807) is 31.3 Å². The molecule has 0 aliphatic rings. The first-order valence-electron chi connectivity index (χ1n) is 8.73. The number of sulfonamides is 1. The van der Waals surface area contributed by atoms with Crippen molar-refractivity contribution in [2.75, 3.05) is 0 Å². The number of amides is 1. The Labute approximate surface area is 189 Å². The molecule has 0 atom stereocenters. The zero-order chi connectivity index (χ0) is 22.5. The summed E-state index contributed by atoms with van der Waals surface area (Å²) in [6, 6.07) is 9.47. The van der Waals surface area contributed by atoms with E-state index >= 15 is 0 Å². The van der Waals surface area contributed by atoms with E-state index in [2.05, 4.69) is 21.1 Å². The highest BCUT2D eigenvalue weighted by Gasteiger charge is 2.27. The molecule has 0 radical (unpaired) electrons. The minimum Gasteiger partial charge on any atom is -0.363 e. The topological polar surface area (TPSA) is 116 Å². The number of fused-ring (bicyclic) bond motifs is 1. The van der Waals surface area contributed by atoms with Crippen LogP contribution in [0.25, 0.3) is 22.3 Å². The largest absolute Gasteiger partial charge is 0.363 e. The molecular formula is C19H14BrClN4O5S. The van der Waals surface area contributed by atoms with Crippen LogP contribution in [0, 0.1) is 0 Å². The molecule has 2 aromatic heterocycles. The Morgan fingerprint density at radius 1 is 1.16 bits per heavy atom. The van der Waals surface area contributed by atoms with Gasteiger partial charge in [0.25, 0.3) is 15.9 Å². The predicted octanol–water partition coefficient (Wildman–Crippen LogP) is 3.07. The highest BCUT2D eigenvalue weighted by molar-refractivity contribution is 9.10. The normalized spacial score (nSPS) is 11.7. The summed E-state index contributed by atoms with van der Waals surface area (Å²) in [7, 11) is -1.20. The number of imidazole rings is 1. The fourth-order valence-electron chi connectivity index (χ4n) is 3.18. The Bertz CT molecular complexity index is 1520. The lowest BCUT2D eigenvalue weighted by Gasteiger charge is -2.10. The van der Waals surface area contributed by atoms with Crippen LogP contribution in [-0.4, -0.2) is 28.6 Å². The van der Waals surface area contributed by atoms with E-state index in [1.165, 1.54) is 28.3 Å². The average molecular weight is 526 g/mol. The molecule has 0 bridgehead atoms. The van der Waals surface area contributed by atoms with Crippen molar-refractivity contribution < 1.29 is 17.7 Å². The molecule has 0 unspecified atom stereocenters. The van der Waals surface area contributed by atoms with E-state index in [4.69, 9.17) is 16.1 Å². The van der Waals surface area contributed by atoms with Crippen LogP contribution in [0.5, 0.6) is 0 Å². The lowest BCUT2D eigenvalue weighted by atomic mass is 10.1. The molecule has 31 heavy (non-hydrogen) atoms. The summed E-state index contributed by atoms with van der Waals surface area (Å²) in [6.45, 7) is 0. The van der Waals surface area contributed by atoms with Gasteiger partial charge in [-0.15, -0.1) is 0 Å². The SMILES string of the molecule is Cn1c(=O)n(C)c2cc(S(=O)(=O)NC(=O)c3conc3-c3ccccc3Cl)c(Br)cc21. The third-order valence-electron chi connectivity index (χ3n) is 4.79. The molecule has 2 aromatic carbocycles. The average Bonchev–Trinajstić information content (AvgIpc) is 3.28. The van der Waals surface area contributed by atoms with Crippen LogP contribution in [0.1, 0.15) is 10.4 Å². The maximum Gasteiger partial charge on any atom is 0.328 e. The van der Waals surface area contributed by atoms with Gasteiger partial charge in [-0.1, -0.05) is 35.0 Å². The van der Waals surface area contributed by atoms with Crippen LogP contribution >= 0.6 is 27.5 Å². The van der Waals surface area contributed by atoms with Gasteiger partial charge < -0.3 is 4.52 Å². The van der Waals surface area contributed by atoms with Crippen LogP contribution < -0.4 is 10.4 Å². The Kier molecular flexibility index (Phi) is 5.28. The van der Waals surface area contributed by atoms with Gasteiger partial charge in [-0.3, -0.25) is 13.9 Å². The smallest absolute Gasteiger partial charge is 0.328 e. The van der Waals surface area contributed by atoms with Crippen LogP contribution in [0.3, 0.4) is 0 Å². The molecule has 12 heteroatoms. The first-order chi connectivity index (χ1) is 14.6. The number of hydrogen-bond donors (Lipinski definition) is 1. The van der Waals surface area contributed by atoms with Gasteiger partial charge in [-0.25, -0.2) is 17.9 Å². The van der Waals surface area contributed by atoms with Gasteiger partial charge in [-0.2, -0.15) is 0 Å². The number of benzene rings is 2. The number of rotatable bonds is 4. The second-order valence-corrected chi connectivity index (χ2v) is 9.58. The molecule has 1 amide bonds. The summed E-state index contributed by atoms with van der Waals surface area (Å²) in [6.07, 6.45) is 1.04. The lowest BCUT2D eigenvalue weighted by Crippen LogP contribution is -2.31. The van der Waals surface area contributed by atoms with E-state index in [1.807, 2.05) is 4.72 Å². The second-order valence-electron chi connectivity index (χ2n) is 6.66. The molecule has 1 N–H and O–H groups in total. The standard InChI is InChI=1S/C19H14BrClN4O5S/c1-24-14-7-12(20)16(8-15(14)25(2)19(24)27)31(28,29)23-18(26)11-9-30-22-17(11)10-5-3-4-6-13(10)21/h3-9H,1-2H3,(H,23,26). The second kappa shape index (κ2) is 7.66. The van der Waals surface area contributed by atoms with Crippen LogP contribution in [-0.2, 0) is 24.1 Å². The molecule has 0 saturated heterocycles. The summed E-state index contributed by atoms with van der Waals surface area (Å²) in [4.78, 5) is 24.7. The van der Waals surface area contributed by atoms with E-state index < -0.39 is 15.9 Å². The monoisotopic (exact) mass is 524 g/mol. The van der Waals surface area contributed by atoms with Gasteiger partial charge >= 0.3 is 5.69 Å². The highest BCUT2D eigenvalue weighted by Crippen LogP contribution is 2.30. The minimum absolute atomic E-state index is 0.0963. The Balaban J connectivity index is 1.74. The molecule has 0 aliphatic heterocycles. The van der Waals surface area contributed by atoms with Gasteiger partial charge in [0.1, 0.15) is 22.4 Å². The number of nitrogens with one attached hydrogen (secondary N) is 1. The number of halogens is 2. The van der Waals surface area contributed by atoms with Gasteiger partial charge in [0, 0.05) is 24.1 Å². The number of aryl methyl sites for hydroxylation is 2. The first-order valence-corrected chi connectivity index (χ1v) is 11.4. The first kappa shape index (κ1) is 21.3. The van der Waals surface area contributed by atoms with Crippen LogP contribution in [0.15, 0.2) is 61.3 Å². The van der Waals surface area contributed by atoms with Gasteiger partial charge in [0.05, 0.1) is 16.1 Å². The molecule has 4 aromatic rings. The highest BCUT2D eigenvalue weighted by atomic mass is 79.9. The number of aromatic nitrogens is 3. The Hall–Kier alpha value is -2.89. The fourth-order valence-corrected chi connectivity index (χ4v) is 5.43. The molecular weight excluding hydrogens is 512 g/mol. The van der Waals surface area contributed by atoms with Crippen molar-refractivity contribution in [2.45, 2.75) is 4.90 Å². The number of nitrogens with zero attached hydrogens (tertiary/aromatic N) is 3. The molecule has 0 saturated carbocycles. The van der Waals surface area contributed by atoms with Gasteiger partial charge in [0.15, 0.2) is 0 Å². The predicted molar refractivity (Wildman–Crippen MR) is 117 cm³/mol. The molecule has 0 spiro atoms. The van der Waals surface area contributed by atoms with E-state index in [-0.39, 0.29) is 26.3 Å². The van der Waals surface area contributed by atoms with Crippen molar-refractivity contribution >= 4 is 54.5 Å². The lowest BCUT2D eigenvalue weighted by molar-refractivity contribution is 0.0981. The van der Waals surface area contributed by atoms with E-state index in [0.717, 1.165) is 6.26 Å². The summed E-state index contributed by atoms with van der Waals surface area (Å²) in [5.41, 5.74) is 1.05. The van der Waals surface area contributed by atoms with Crippen molar-refractivity contribution in [3.05, 3.63) is 68.2 Å². The number of carbonyl (C=O) groups is 1. The quantitative estimate of drug-likeness (QED) is 0.438. The molecule has 0 aliphatic carbocycles. The molecule has 2 heterocycles. The minimum atomic E-state index is -4.31. The van der Waals surface area contributed by atoms with Crippen molar-refractivity contribution in [1.82, 2.24) is 19.0 Å². The summed E-state index contributed by atoms with van der Waals surface area (Å²) in [5, 5.41) is 4.11. The molecule has 0 fully saturated rings. The number of hydrogen-bond acceptors (Lipinski definition) is 6. The third kappa shape index (κ3) is 3.58. The third-order valence-corrected chi connectivity index (χ3v) is 7.40. The number of carbonyl (C=O) groups excluding carboxylic acids is 1. The van der Waals surface area contributed by atoms with Gasteiger partial charge in [0.2, 0.25) is 0 Å². The maximum absolute atomic E-state index is 13.0. The van der Waals surface area contributed by atoms with Crippen LogP contribution in [0.4, 0.5) is 0 Å². The molecule has 9 nitrogen and oxygen atoms in total. The Morgan fingerprint density at radius 2 is 1.81 bits per heavy atom. The summed E-state index contributed by atoms with van der Waals surface area (Å²) < 4.78 is 35.8. The molecule has 4 rings (SSSR count). The van der Waals surface area contributed by atoms with Crippen molar-refractivity contribution in [1.29, 1.82) is 0 Å². The van der Waals surface area contributed by atoms with E-state index in [9.17, 15) is 18.0 Å². The van der Waals surface area contributed by atoms with Crippen molar-refractivity contribution in [3.8, 4) is 11.3 Å². The van der Waals surface area contributed by atoms with Crippen molar-refractivity contribution in [3.63, 3.8) is 0 Å². The maximum atomic E-state index is 13.0. The fraction of sp³-hybridized carbons (Fsp3) is 0.105. The van der Waals surface area contributed by atoms with E-state index in [0.29, 0.717) is 21.6 Å². The Morgan fingerprint density at radius 3 is 2.48 bits per heavy atom. The summed E-state index contributed by atoms with van der Waals surface area (Å²) >= 11 is 9.38. The summed E-state index contributed by atoms with van der Waals surface area (Å²) in [5.74, 6) is -0.940. The zero-order valence-corrected chi connectivity index (χ0v) is 19.2. The van der Waals surface area contributed by atoms with Crippen molar-refractivity contribution in [2.24, 2.45) is 14.1 Å².